The Kier molecular flexibility index (Phi) is 8.20. The first-order chi connectivity index (χ1) is 10.2. The highest BCUT2D eigenvalue weighted by atomic mass is 127. The van der Waals surface area contributed by atoms with Crippen LogP contribution in [0.4, 0.5) is 0 Å². The van der Waals surface area contributed by atoms with Crippen molar-refractivity contribution in [1.29, 1.82) is 0 Å². The van der Waals surface area contributed by atoms with E-state index in [1.807, 2.05) is 6.07 Å². The number of hydrogen-bond donors (Lipinski definition) is 2. The third-order valence-electron chi connectivity index (χ3n) is 4.67. The van der Waals surface area contributed by atoms with Gasteiger partial charge in [-0.3, -0.25) is 4.99 Å². The number of halogens is 1. The zero-order valence-electron chi connectivity index (χ0n) is 13.9. The summed E-state index contributed by atoms with van der Waals surface area (Å²) in [5.74, 6) is 1.69. The molecule has 0 amide bonds. The van der Waals surface area contributed by atoms with Crippen LogP contribution in [-0.2, 0) is 13.0 Å². The van der Waals surface area contributed by atoms with Crippen molar-refractivity contribution >= 4 is 29.9 Å². The first-order valence-electron chi connectivity index (χ1n) is 8.10. The van der Waals surface area contributed by atoms with Crippen molar-refractivity contribution in [2.75, 3.05) is 13.6 Å². The van der Waals surface area contributed by atoms with Gasteiger partial charge in [0.1, 0.15) is 0 Å². The molecule has 2 rings (SSSR count). The molecule has 2 N–H and O–H groups in total. The minimum Gasteiger partial charge on any atom is -0.359 e. The number of hydrogen-bond acceptors (Lipinski definition) is 3. The van der Waals surface area contributed by atoms with E-state index in [1.54, 1.807) is 7.05 Å². The minimum atomic E-state index is 0. The number of guanidine groups is 1. The topological polar surface area (TPSA) is 62.5 Å². The molecule has 0 radical (unpaired) electrons. The van der Waals surface area contributed by atoms with Crippen LogP contribution < -0.4 is 10.6 Å². The number of nitrogens with one attached hydrogen (secondary N) is 2. The van der Waals surface area contributed by atoms with Crippen molar-refractivity contribution in [3.05, 3.63) is 17.5 Å². The fraction of sp³-hybridized carbons (Fsp3) is 0.750. The van der Waals surface area contributed by atoms with Crippen molar-refractivity contribution in [3.8, 4) is 0 Å². The summed E-state index contributed by atoms with van der Waals surface area (Å²) in [6, 6.07) is 1.99. The highest BCUT2D eigenvalue weighted by Crippen LogP contribution is 2.40. The maximum Gasteiger partial charge on any atom is 0.191 e. The van der Waals surface area contributed by atoms with Crippen molar-refractivity contribution < 1.29 is 4.52 Å². The Hall–Kier alpha value is -0.790. The second kappa shape index (κ2) is 9.37. The molecule has 6 heteroatoms. The van der Waals surface area contributed by atoms with Crippen LogP contribution in [0, 0.1) is 5.41 Å². The van der Waals surface area contributed by atoms with Gasteiger partial charge in [-0.25, -0.2) is 0 Å². The molecule has 1 fully saturated rings. The van der Waals surface area contributed by atoms with Gasteiger partial charge in [-0.2, -0.15) is 0 Å². The summed E-state index contributed by atoms with van der Waals surface area (Å²) in [4.78, 5) is 4.29. The van der Waals surface area contributed by atoms with Crippen LogP contribution in [0.15, 0.2) is 15.6 Å². The third kappa shape index (κ3) is 5.14. The molecule has 1 saturated carbocycles. The monoisotopic (exact) mass is 420 g/mol. The van der Waals surface area contributed by atoms with Gasteiger partial charge >= 0.3 is 0 Å². The Morgan fingerprint density at radius 1 is 1.32 bits per heavy atom. The molecule has 5 nitrogen and oxygen atoms in total. The summed E-state index contributed by atoms with van der Waals surface area (Å²) in [5, 5.41) is 10.8. The quantitative estimate of drug-likeness (QED) is 0.420. The third-order valence-corrected chi connectivity index (χ3v) is 4.67. The molecule has 22 heavy (non-hydrogen) atoms. The van der Waals surface area contributed by atoms with E-state index >= 15 is 0 Å². The molecule has 0 saturated heterocycles. The van der Waals surface area contributed by atoms with E-state index in [9.17, 15) is 0 Å². The van der Waals surface area contributed by atoms with Gasteiger partial charge in [-0.15, -0.1) is 24.0 Å². The molecule has 1 aromatic heterocycles. The molecule has 0 aromatic carbocycles. The van der Waals surface area contributed by atoms with E-state index < -0.39 is 0 Å². The Balaban J connectivity index is 0.00000242. The average Bonchev–Trinajstić information content (AvgIpc) is 3.17. The lowest BCUT2D eigenvalue weighted by molar-refractivity contribution is 0.283. The number of aryl methyl sites for hydroxylation is 1. The highest BCUT2D eigenvalue weighted by Gasteiger charge is 2.31. The smallest absolute Gasteiger partial charge is 0.191 e. The molecule has 0 bridgehead atoms. The standard InChI is InChI=1S/C16H28N4O.HI/c1-4-13-10-14(21-20-13)11-18-15(17-3)19-12-16(5-2)8-6-7-9-16;/h10H,4-9,11-12H2,1-3H3,(H2,17,18,19);1H. The summed E-state index contributed by atoms with van der Waals surface area (Å²) in [7, 11) is 1.81. The lowest BCUT2D eigenvalue weighted by atomic mass is 9.83. The zero-order valence-corrected chi connectivity index (χ0v) is 16.3. The van der Waals surface area contributed by atoms with Crippen molar-refractivity contribution in [1.82, 2.24) is 15.8 Å². The molecular weight excluding hydrogens is 391 g/mol. The lowest BCUT2D eigenvalue weighted by Crippen LogP contribution is -2.42. The van der Waals surface area contributed by atoms with Crippen LogP contribution in [0.5, 0.6) is 0 Å². The van der Waals surface area contributed by atoms with Crippen molar-refractivity contribution in [3.63, 3.8) is 0 Å². The predicted molar refractivity (Wildman–Crippen MR) is 101 cm³/mol. The average molecular weight is 420 g/mol. The van der Waals surface area contributed by atoms with Gasteiger partial charge < -0.3 is 15.2 Å². The number of aliphatic imine (C=N–C) groups is 1. The van der Waals surface area contributed by atoms with E-state index in [0.29, 0.717) is 12.0 Å². The molecular formula is C16H29IN4O. The van der Waals surface area contributed by atoms with Gasteiger partial charge in [0.25, 0.3) is 0 Å². The Morgan fingerprint density at radius 3 is 2.59 bits per heavy atom. The Bertz CT molecular complexity index is 466. The SMILES string of the molecule is CCc1cc(CNC(=NC)NCC2(CC)CCCC2)on1.I. The minimum absolute atomic E-state index is 0. The van der Waals surface area contributed by atoms with Crippen LogP contribution in [0.2, 0.25) is 0 Å². The molecule has 0 aliphatic heterocycles. The first kappa shape index (κ1) is 19.3. The van der Waals surface area contributed by atoms with Gasteiger partial charge in [0.05, 0.1) is 12.2 Å². The van der Waals surface area contributed by atoms with Crippen LogP contribution >= 0.6 is 24.0 Å². The van der Waals surface area contributed by atoms with E-state index in [4.69, 9.17) is 4.52 Å². The second-order valence-corrected chi connectivity index (χ2v) is 5.98. The summed E-state index contributed by atoms with van der Waals surface area (Å²) in [6.45, 7) is 5.98. The van der Waals surface area contributed by atoms with E-state index in [0.717, 1.165) is 30.4 Å². The van der Waals surface area contributed by atoms with Crippen LogP contribution in [-0.4, -0.2) is 24.7 Å². The van der Waals surface area contributed by atoms with Gasteiger partial charge in [0, 0.05) is 19.7 Å². The molecule has 1 aliphatic carbocycles. The maximum atomic E-state index is 5.27. The van der Waals surface area contributed by atoms with E-state index in [-0.39, 0.29) is 24.0 Å². The fourth-order valence-electron chi connectivity index (χ4n) is 3.05. The van der Waals surface area contributed by atoms with Gasteiger partial charge in [0.15, 0.2) is 11.7 Å². The molecule has 1 heterocycles. The molecule has 0 unspecified atom stereocenters. The van der Waals surface area contributed by atoms with E-state index in [2.05, 4.69) is 34.6 Å². The summed E-state index contributed by atoms with van der Waals surface area (Å²) in [6.07, 6.45) is 7.51. The number of rotatable bonds is 6. The highest BCUT2D eigenvalue weighted by molar-refractivity contribution is 14.0. The first-order valence-corrected chi connectivity index (χ1v) is 8.10. The Labute approximate surface area is 150 Å². The molecule has 0 spiro atoms. The molecule has 126 valence electrons. The van der Waals surface area contributed by atoms with Crippen molar-refractivity contribution in [2.45, 2.75) is 58.9 Å². The zero-order chi connectivity index (χ0) is 15.1. The van der Waals surface area contributed by atoms with Gasteiger partial charge in [0.2, 0.25) is 0 Å². The van der Waals surface area contributed by atoms with Crippen LogP contribution in [0.1, 0.15) is 57.4 Å². The lowest BCUT2D eigenvalue weighted by Gasteiger charge is -2.28. The summed E-state index contributed by atoms with van der Waals surface area (Å²) >= 11 is 0. The largest absolute Gasteiger partial charge is 0.359 e. The van der Waals surface area contributed by atoms with Gasteiger partial charge in [-0.05, 0) is 31.1 Å². The molecule has 1 aromatic rings. The maximum absolute atomic E-state index is 5.27. The summed E-state index contributed by atoms with van der Waals surface area (Å²) in [5.41, 5.74) is 1.45. The number of nitrogens with zero attached hydrogens (tertiary/aromatic N) is 2. The van der Waals surface area contributed by atoms with Crippen molar-refractivity contribution in [2.24, 2.45) is 10.4 Å². The van der Waals surface area contributed by atoms with Crippen LogP contribution in [0.25, 0.3) is 0 Å². The number of aromatic nitrogens is 1. The normalized spacial score (nSPS) is 17.1. The predicted octanol–water partition coefficient (Wildman–Crippen LogP) is 3.49. The Morgan fingerprint density at radius 2 is 2.05 bits per heavy atom. The van der Waals surface area contributed by atoms with Gasteiger partial charge in [-0.1, -0.05) is 31.8 Å². The van der Waals surface area contributed by atoms with Crippen LogP contribution in [0.3, 0.4) is 0 Å². The molecule has 1 aliphatic rings. The fourth-order valence-corrected chi connectivity index (χ4v) is 3.05. The second-order valence-electron chi connectivity index (χ2n) is 5.98. The molecule has 0 atom stereocenters. The summed E-state index contributed by atoms with van der Waals surface area (Å²) < 4.78 is 5.27. The van der Waals surface area contributed by atoms with E-state index in [1.165, 1.54) is 32.1 Å².